The molecule has 31 heavy (non-hydrogen) atoms. The molecule has 0 saturated carbocycles. The highest BCUT2D eigenvalue weighted by atomic mass is 16.5. The maximum Gasteiger partial charge on any atom is 0.278 e. The highest BCUT2D eigenvalue weighted by molar-refractivity contribution is 6.23. The van der Waals surface area contributed by atoms with E-state index < -0.39 is 0 Å². The van der Waals surface area contributed by atoms with Crippen molar-refractivity contribution in [2.24, 2.45) is 0 Å². The minimum Gasteiger partial charge on any atom is -0.497 e. The van der Waals surface area contributed by atoms with Gasteiger partial charge in [-0.25, -0.2) is 4.98 Å². The van der Waals surface area contributed by atoms with Crippen LogP contribution in [0.25, 0.3) is 16.8 Å². The number of carbonyl (C=O) groups excluding carboxylic acids is 2. The quantitative estimate of drug-likeness (QED) is 0.466. The maximum atomic E-state index is 13.5. The largest absolute Gasteiger partial charge is 0.497 e. The summed E-state index contributed by atoms with van der Waals surface area (Å²) in [6.45, 7) is 4.05. The zero-order valence-corrected chi connectivity index (χ0v) is 17.5. The highest BCUT2D eigenvalue weighted by Crippen LogP contribution is 2.36. The molecule has 3 heterocycles. The van der Waals surface area contributed by atoms with Crippen LogP contribution < -0.4 is 4.74 Å². The third kappa shape index (κ3) is 2.91. The second kappa shape index (κ2) is 7.09. The van der Waals surface area contributed by atoms with Crippen LogP contribution in [-0.2, 0) is 6.54 Å². The van der Waals surface area contributed by atoms with E-state index in [0.717, 1.165) is 28.3 Å². The lowest BCUT2D eigenvalue weighted by atomic mass is 9.99. The number of ether oxygens (including phenoxy) is 1. The Morgan fingerprint density at radius 1 is 0.935 bits per heavy atom. The molecule has 6 heteroatoms. The number of fused-ring (bicyclic) bond motifs is 3. The van der Waals surface area contributed by atoms with E-state index in [-0.39, 0.29) is 18.4 Å². The molecule has 0 bridgehead atoms. The first kappa shape index (κ1) is 19.1. The van der Waals surface area contributed by atoms with Gasteiger partial charge in [-0.05, 0) is 43.2 Å². The van der Waals surface area contributed by atoms with Gasteiger partial charge in [-0.3, -0.25) is 18.9 Å². The first-order valence-corrected chi connectivity index (χ1v) is 10.1. The molecule has 2 amide bonds. The average Bonchev–Trinajstić information content (AvgIpc) is 3.21. The average molecular weight is 411 g/mol. The normalized spacial score (nSPS) is 13.2. The molecule has 2 aromatic heterocycles. The Kier molecular flexibility index (Phi) is 4.36. The first-order chi connectivity index (χ1) is 15.0. The predicted molar refractivity (Wildman–Crippen MR) is 117 cm³/mol. The highest BCUT2D eigenvalue weighted by Gasteiger charge is 2.40. The Labute approximate surface area is 179 Å². The molecule has 1 aliphatic heterocycles. The molecular formula is C25H21N3O3. The van der Waals surface area contributed by atoms with Crippen molar-refractivity contribution in [3.8, 4) is 16.9 Å². The fourth-order valence-corrected chi connectivity index (χ4v) is 4.14. The van der Waals surface area contributed by atoms with Crippen LogP contribution in [0.3, 0.4) is 0 Å². The number of aromatic nitrogens is 2. The number of methoxy groups -OCH3 is 1. The Hall–Kier alpha value is -3.93. The lowest BCUT2D eigenvalue weighted by Crippen LogP contribution is -2.29. The summed E-state index contributed by atoms with van der Waals surface area (Å²) < 4.78 is 7.07. The van der Waals surface area contributed by atoms with Crippen molar-refractivity contribution in [1.82, 2.24) is 14.3 Å². The fourth-order valence-electron chi connectivity index (χ4n) is 4.14. The van der Waals surface area contributed by atoms with Crippen LogP contribution in [0.1, 0.15) is 37.8 Å². The number of nitrogens with zero attached hydrogens (tertiary/aromatic N) is 3. The smallest absolute Gasteiger partial charge is 0.278 e. The first-order valence-electron chi connectivity index (χ1n) is 10.1. The molecular weight excluding hydrogens is 390 g/mol. The van der Waals surface area contributed by atoms with Gasteiger partial charge >= 0.3 is 0 Å². The van der Waals surface area contributed by atoms with Crippen LogP contribution in [-0.4, -0.2) is 33.2 Å². The number of imide groups is 1. The van der Waals surface area contributed by atoms with Gasteiger partial charge in [0.05, 0.1) is 24.9 Å². The Bertz CT molecular complexity index is 1340. The number of hydrogen-bond donors (Lipinski definition) is 0. The lowest BCUT2D eigenvalue weighted by molar-refractivity contribution is 0.0640. The molecule has 2 aromatic carbocycles. The minimum atomic E-state index is -0.301. The Morgan fingerprint density at radius 2 is 1.65 bits per heavy atom. The Morgan fingerprint density at radius 3 is 2.32 bits per heavy atom. The van der Waals surface area contributed by atoms with Crippen LogP contribution in [0.15, 0.2) is 60.7 Å². The molecule has 1 aliphatic rings. The summed E-state index contributed by atoms with van der Waals surface area (Å²) in [6.07, 6.45) is 0. The second-order valence-electron chi connectivity index (χ2n) is 7.67. The predicted octanol–water partition coefficient (Wildman–Crippen LogP) is 4.42. The van der Waals surface area contributed by atoms with Gasteiger partial charge in [-0.15, -0.1) is 0 Å². The van der Waals surface area contributed by atoms with Gasteiger partial charge in [-0.1, -0.05) is 42.5 Å². The SMILES string of the molecule is COc1ccc(-c2cc3nc(C)c(C)n3c3c2C(=O)N(Cc2ccccc2)C3=O)cc1. The van der Waals surface area contributed by atoms with Crippen LogP contribution in [0.5, 0.6) is 5.75 Å². The van der Waals surface area contributed by atoms with Gasteiger partial charge in [0.15, 0.2) is 0 Å². The summed E-state index contributed by atoms with van der Waals surface area (Å²) >= 11 is 0. The van der Waals surface area contributed by atoms with Crippen molar-refractivity contribution >= 4 is 17.5 Å². The Balaban J connectivity index is 1.73. The van der Waals surface area contributed by atoms with Gasteiger partial charge in [0.1, 0.15) is 17.1 Å². The monoisotopic (exact) mass is 411 g/mol. The van der Waals surface area contributed by atoms with E-state index in [9.17, 15) is 9.59 Å². The summed E-state index contributed by atoms with van der Waals surface area (Å²) in [7, 11) is 1.61. The molecule has 0 fully saturated rings. The third-order valence-electron chi connectivity index (χ3n) is 5.86. The van der Waals surface area contributed by atoms with Crippen LogP contribution in [0.4, 0.5) is 0 Å². The van der Waals surface area contributed by atoms with E-state index in [1.54, 1.807) is 7.11 Å². The molecule has 5 rings (SSSR count). The van der Waals surface area contributed by atoms with E-state index in [1.807, 2.05) is 78.9 Å². The van der Waals surface area contributed by atoms with Crippen LogP contribution in [0, 0.1) is 13.8 Å². The number of rotatable bonds is 4. The second-order valence-corrected chi connectivity index (χ2v) is 7.67. The maximum absolute atomic E-state index is 13.5. The summed E-state index contributed by atoms with van der Waals surface area (Å²) in [5.74, 6) is 0.133. The summed E-state index contributed by atoms with van der Waals surface area (Å²) in [5, 5.41) is 0. The number of hydrogen-bond acceptors (Lipinski definition) is 4. The number of pyridine rings is 1. The van der Waals surface area contributed by atoms with E-state index in [1.165, 1.54) is 4.90 Å². The number of benzene rings is 2. The molecule has 0 atom stereocenters. The molecule has 6 nitrogen and oxygen atoms in total. The van der Waals surface area contributed by atoms with Crippen molar-refractivity contribution in [3.05, 3.63) is 88.9 Å². The van der Waals surface area contributed by atoms with Gasteiger partial charge in [0.25, 0.3) is 11.8 Å². The number of carbonyl (C=O) groups is 2. The van der Waals surface area contributed by atoms with Crippen LogP contribution in [0.2, 0.25) is 0 Å². The van der Waals surface area contributed by atoms with Gasteiger partial charge in [0, 0.05) is 11.3 Å². The fraction of sp³-hybridized carbons (Fsp3) is 0.160. The molecule has 0 unspecified atom stereocenters. The van der Waals surface area contributed by atoms with Crippen molar-refractivity contribution in [2.45, 2.75) is 20.4 Å². The number of aryl methyl sites for hydroxylation is 2. The molecule has 154 valence electrons. The topological polar surface area (TPSA) is 63.9 Å². The standard InChI is InChI=1S/C25H21N3O3/c1-15-16(2)28-21(26-15)13-20(18-9-11-19(31-3)12-10-18)22-23(28)25(30)27(24(22)29)14-17-7-5-4-6-8-17/h4-13H,14H2,1-3H3. The number of amides is 2. The van der Waals surface area contributed by atoms with Gasteiger partial charge < -0.3 is 4.74 Å². The van der Waals surface area contributed by atoms with Crippen LogP contribution >= 0.6 is 0 Å². The van der Waals surface area contributed by atoms with E-state index in [4.69, 9.17) is 4.74 Å². The zero-order valence-electron chi connectivity index (χ0n) is 17.5. The van der Waals surface area contributed by atoms with Crippen molar-refractivity contribution in [1.29, 1.82) is 0 Å². The summed E-state index contributed by atoms with van der Waals surface area (Å²) in [6, 6.07) is 18.9. The van der Waals surface area contributed by atoms with Crippen molar-refractivity contribution in [2.75, 3.05) is 7.11 Å². The van der Waals surface area contributed by atoms with E-state index in [0.29, 0.717) is 22.5 Å². The summed E-state index contributed by atoms with van der Waals surface area (Å²) in [4.78, 5) is 33.0. The van der Waals surface area contributed by atoms with Gasteiger partial charge in [-0.2, -0.15) is 0 Å². The molecule has 0 radical (unpaired) electrons. The minimum absolute atomic E-state index is 0.226. The molecule has 0 aliphatic carbocycles. The lowest BCUT2D eigenvalue weighted by Gasteiger charge is -2.13. The summed E-state index contributed by atoms with van der Waals surface area (Å²) in [5.41, 5.74) is 5.57. The number of imidazole rings is 1. The third-order valence-corrected chi connectivity index (χ3v) is 5.86. The zero-order chi connectivity index (χ0) is 21.7. The molecule has 0 spiro atoms. The van der Waals surface area contributed by atoms with E-state index in [2.05, 4.69) is 4.98 Å². The molecule has 0 saturated heterocycles. The van der Waals surface area contributed by atoms with Crippen molar-refractivity contribution < 1.29 is 14.3 Å². The molecule has 4 aromatic rings. The molecule has 0 N–H and O–H groups in total. The van der Waals surface area contributed by atoms with E-state index >= 15 is 0 Å². The van der Waals surface area contributed by atoms with Gasteiger partial charge in [0.2, 0.25) is 0 Å². The van der Waals surface area contributed by atoms with Crippen molar-refractivity contribution in [3.63, 3.8) is 0 Å².